The summed E-state index contributed by atoms with van der Waals surface area (Å²) in [6, 6.07) is 8.68. The summed E-state index contributed by atoms with van der Waals surface area (Å²) in [7, 11) is 0. The van der Waals surface area contributed by atoms with Gasteiger partial charge in [0.1, 0.15) is 11.4 Å². The van der Waals surface area contributed by atoms with Crippen molar-refractivity contribution in [3.05, 3.63) is 59.0 Å². The first-order valence-corrected chi connectivity index (χ1v) is 7.56. The zero-order valence-electron chi connectivity index (χ0n) is 12.9. The van der Waals surface area contributed by atoms with Gasteiger partial charge in [0.25, 0.3) is 0 Å². The van der Waals surface area contributed by atoms with Crippen LogP contribution in [0.25, 0.3) is 11.3 Å². The molecule has 2 rings (SSSR count). The molecule has 1 aromatic heterocycles. The Labute approximate surface area is 135 Å². The lowest BCUT2D eigenvalue weighted by Crippen LogP contribution is -1.96. The molecule has 0 spiro atoms. The number of halogens is 2. The van der Waals surface area contributed by atoms with Crippen LogP contribution in [0.5, 0.6) is 0 Å². The number of nitrogens with zero attached hydrogens (tertiary/aromatic N) is 2. The summed E-state index contributed by atoms with van der Waals surface area (Å²) < 4.78 is 14.7. The molecule has 1 aromatic carbocycles. The van der Waals surface area contributed by atoms with Crippen molar-refractivity contribution in [2.24, 2.45) is 4.99 Å². The summed E-state index contributed by atoms with van der Waals surface area (Å²) in [5, 5.41) is 0.609. The van der Waals surface area contributed by atoms with Crippen LogP contribution in [-0.4, -0.2) is 10.7 Å². The molecule has 22 heavy (non-hydrogen) atoms. The van der Waals surface area contributed by atoms with E-state index in [1.165, 1.54) is 0 Å². The maximum Gasteiger partial charge on any atom is 0.175 e. The summed E-state index contributed by atoms with van der Waals surface area (Å²) in [5.41, 5.74) is 2.86. The van der Waals surface area contributed by atoms with Crippen LogP contribution in [-0.2, 0) is 6.42 Å². The molecule has 2 aromatic rings. The minimum absolute atomic E-state index is 0.308. The van der Waals surface area contributed by atoms with Crippen LogP contribution in [0.3, 0.4) is 0 Å². The molecule has 0 unspecified atom stereocenters. The number of allylic oxidation sites excluding steroid dienone is 2. The average molecular weight is 317 g/mol. The van der Waals surface area contributed by atoms with Gasteiger partial charge in [-0.25, -0.2) is 9.37 Å². The molecule has 0 saturated carbocycles. The molecule has 0 radical (unpaired) electrons. The Morgan fingerprint density at radius 2 is 2.00 bits per heavy atom. The predicted octanol–water partition coefficient (Wildman–Crippen LogP) is 5.77. The molecule has 0 atom stereocenters. The molecule has 4 heteroatoms. The standard InChI is InChI=1S/C18H18ClFN2/c1-4-6-12(3)21-16-11-15(5-2)22-18(17(16)20)13-7-9-14(19)10-8-13/h4,6-11H,5H2,1-3H3. The maximum atomic E-state index is 14.7. The number of hydrogen-bond acceptors (Lipinski definition) is 2. The van der Waals surface area contributed by atoms with Crippen LogP contribution in [0.15, 0.2) is 47.5 Å². The number of aromatic nitrogens is 1. The van der Waals surface area contributed by atoms with E-state index >= 15 is 0 Å². The first-order chi connectivity index (χ1) is 10.5. The third-order valence-electron chi connectivity index (χ3n) is 3.18. The van der Waals surface area contributed by atoms with E-state index in [0.29, 0.717) is 28.4 Å². The van der Waals surface area contributed by atoms with E-state index in [9.17, 15) is 4.39 Å². The summed E-state index contributed by atoms with van der Waals surface area (Å²) >= 11 is 5.89. The number of aliphatic imine (C=N–C) groups is 1. The van der Waals surface area contributed by atoms with Gasteiger partial charge in [-0.1, -0.05) is 36.7 Å². The summed E-state index contributed by atoms with van der Waals surface area (Å²) in [4.78, 5) is 8.75. The minimum Gasteiger partial charge on any atom is -0.251 e. The van der Waals surface area contributed by atoms with Crippen molar-refractivity contribution in [1.29, 1.82) is 0 Å². The molecule has 0 N–H and O–H groups in total. The Kier molecular flexibility index (Phi) is 5.45. The number of benzene rings is 1. The van der Waals surface area contributed by atoms with Crippen LogP contribution in [0.2, 0.25) is 5.02 Å². The van der Waals surface area contributed by atoms with Crippen LogP contribution < -0.4 is 0 Å². The van der Waals surface area contributed by atoms with E-state index in [0.717, 1.165) is 11.4 Å². The second-order valence-electron chi connectivity index (χ2n) is 4.91. The molecule has 0 saturated heterocycles. The Morgan fingerprint density at radius 3 is 2.59 bits per heavy atom. The first kappa shape index (κ1) is 16.4. The van der Waals surface area contributed by atoms with E-state index in [2.05, 4.69) is 9.98 Å². The molecular weight excluding hydrogens is 299 g/mol. The Balaban J connectivity index is 2.59. The summed E-state index contributed by atoms with van der Waals surface area (Å²) in [6.07, 6.45) is 4.43. The second kappa shape index (κ2) is 7.32. The Hall–Kier alpha value is -2.00. The minimum atomic E-state index is -0.414. The normalized spacial score (nSPS) is 12.1. The number of pyridine rings is 1. The van der Waals surface area contributed by atoms with Crippen molar-refractivity contribution >= 4 is 23.0 Å². The Bertz CT molecular complexity index is 719. The topological polar surface area (TPSA) is 25.2 Å². The van der Waals surface area contributed by atoms with Crippen molar-refractivity contribution in [3.8, 4) is 11.3 Å². The highest BCUT2D eigenvalue weighted by atomic mass is 35.5. The van der Waals surface area contributed by atoms with Crippen LogP contribution >= 0.6 is 11.6 Å². The lowest BCUT2D eigenvalue weighted by atomic mass is 10.1. The zero-order chi connectivity index (χ0) is 16.1. The maximum absolute atomic E-state index is 14.7. The summed E-state index contributed by atoms with van der Waals surface area (Å²) in [6.45, 7) is 5.73. The van der Waals surface area contributed by atoms with Crippen LogP contribution in [0, 0.1) is 5.82 Å². The van der Waals surface area contributed by atoms with E-state index in [1.54, 1.807) is 30.3 Å². The van der Waals surface area contributed by atoms with Crippen molar-refractivity contribution in [1.82, 2.24) is 4.98 Å². The van der Waals surface area contributed by atoms with Crippen molar-refractivity contribution in [2.75, 3.05) is 0 Å². The van der Waals surface area contributed by atoms with Gasteiger partial charge in [0.15, 0.2) is 5.82 Å². The highest BCUT2D eigenvalue weighted by Crippen LogP contribution is 2.30. The quantitative estimate of drug-likeness (QED) is 0.657. The van der Waals surface area contributed by atoms with E-state index in [4.69, 9.17) is 11.6 Å². The van der Waals surface area contributed by atoms with Gasteiger partial charge in [-0.2, -0.15) is 0 Å². The molecule has 0 amide bonds. The third-order valence-corrected chi connectivity index (χ3v) is 3.43. The average Bonchev–Trinajstić information content (AvgIpc) is 2.50. The van der Waals surface area contributed by atoms with Crippen LogP contribution in [0.4, 0.5) is 10.1 Å². The SMILES string of the molecule is CC=CC(C)=Nc1cc(CC)nc(-c2ccc(Cl)cc2)c1F. The van der Waals surface area contributed by atoms with Gasteiger partial charge < -0.3 is 0 Å². The lowest BCUT2D eigenvalue weighted by molar-refractivity contribution is 0.626. The fraction of sp³-hybridized carbons (Fsp3) is 0.222. The molecule has 0 fully saturated rings. The second-order valence-corrected chi connectivity index (χ2v) is 5.35. The highest BCUT2D eigenvalue weighted by Gasteiger charge is 2.13. The predicted molar refractivity (Wildman–Crippen MR) is 91.6 cm³/mol. The molecule has 114 valence electrons. The highest BCUT2D eigenvalue weighted by molar-refractivity contribution is 6.30. The van der Waals surface area contributed by atoms with E-state index < -0.39 is 5.82 Å². The van der Waals surface area contributed by atoms with Crippen molar-refractivity contribution in [3.63, 3.8) is 0 Å². The third kappa shape index (κ3) is 3.80. The van der Waals surface area contributed by atoms with Crippen molar-refractivity contribution in [2.45, 2.75) is 27.2 Å². The zero-order valence-corrected chi connectivity index (χ0v) is 13.7. The molecule has 0 bridgehead atoms. The van der Waals surface area contributed by atoms with Gasteiger partial charge in [0.05, 0.1) is 0 Å². The lowest BCUT2D eigenvalue weighted by Gasteiger charge is -2.09. The molecule has 0 aliphatic carbocycles. The number of aryl methyl sites for hydroxylation is 1. The molecule has 1 heterocycles. The van der Waals surface area contributed by atoms with Gasteiger partial charge in [-0.05, 0) is 44.5 Å². The molecule has 0 aliphatic rings. The molecular formula is C18H18ClFN2. The molecule has 2 nitrogen and oxygen atoms in total. The number of hydrogen-bond donors (Lipinski definition) is 0. The van der Waals surface area contributed by atoms with Gasteiger partial charge >= 0.3 is 0 Å². The first-order valence-electron chi connectivity index (χ1n) is 7.18. The van der Waals surface area contributed by atoms with E-state index in [-0.39, 0.29) is 0 Å². The van der Waals surface area contributed by atoms with Gasteiger partial charge in [-0.15, -0.1) is 0 Å². The molecule has 0 aliphatic heterocycles. The van der Waals surface area contributed by atoms with Gasteiger partial charge in [0, 0.05) is 22.0 Å². The monoisotopic (exact) mass is 316 g/mol. The van der Waals surface area contributed by atoms with Gasteiger partial charge in [0.2, 0.25) is 0 Å². The smallest absolute Gasteiger partial charge is 0.175 e. The largest absolute Gasteiger partial charge is 0.251 e. The Morgan fingerprint density at radius 1 is 1.32 bits per heavy atom. The fourth-order valence-corrected chi connectivity index (χ4v) is 2.22. The van der Waals surface area contributed by atoms with E-state index in [1.807, 2.05) is 32.9 Å². The summed E-state index contributed by atoms with van der Waals surface area (Å²) in [5.74, 6) is -0.414. The van der Waals surface area contributed by atoms with Crippen LogP contribution in [0.1, 0.15) is 26.5 Å². The fourth-order valence-electron chi connectivity index (χ4n) is 2.10. The van der Waals surface area contributed by atoms with Crippen molar-refractivity contribution < 1.29 is 4.39 Å². The van der Waals surface area contributed by atoms with Gasteiger partial charge in [-0.3, -0.25) is 4.99 Å². The number of rotatable bonds is 4.